The van der Waals surface area contributed by atoms with E-state index in [1.807, 2.05) is 6.92 Å². The first kappa shape index (κ1) is 16.6. The zero-order chi connectivity index (χ0) is 18.3. The zero-order valence-electron chi connectivity index (χ0n) is 15.1. The number of hydrogen-bond acceptors (Lipinski definition) is 3. The van der Waals surface area contributed by atoms with E-state index in [4.69, 9.17) is 5.73 Å². The molecule has 0 saturated heterocycles. The third-order valence-electron chi connectivity index (χ3n) is 5.47. The molecule has 132 valence electrons. The Morgan fingerprint density at radius 2 is 1.96 bits per heavy atom. The van der Waals surface area contributed by atoms with Crippen LogP contribution in [0.2, 0.25) is 0 Å². The number of amides is 1. The van der Waals surface area contributed by atoms with E-state index in [2.05, 4.69) is 65.7 Å². The molecule has 2 aromatic carbocycles. The maximum atomic E-state index is 12.3. The van der Waals surface area contributed by atoms with Gasteiger partial charge in [0.05, 0.1) is 12.0 Å². The van der Waals surface area contributed by atoms with Gasteiger partial charge in [0.15, 0.2) is 5.96 Å². The van der Waals surface area contributed by atoms with Crippen molar-refractivity contribution in [2.75, 3.05) is 7.05 Å². The summed E-state index contributed by atoms with van der Waals surface area (Å²) in [7, 11) is 1.67. The van der Waals surface area contributed by atoms with Crippen LogP contribution in [0, 0.1) is 0 Å². The fourth-order valence-electron chi connectivity index (χ4n) is 3.79. The van der Waals surface area contributed by atoms with E-state index in [0.717, 1.165) is 12.0 Å². The first-order chi connectivity index (χ1) is 12.5. The first-order valence-electron chi connectivity index (χ1n) is 8.96. The van der Waals surface area contributed by atoms with Gasteiger partial charge >= 0.3 is 0 Å². The summed E-state index contributed by atoms with van der Waals surface area (Å²) in [6.45, 7) is 1.99. The number of rotatable bonds is 2. The van der Waals surface area contributed by atoms with Crippen LogP contribution in [0.1, 0.15) is 31.2 Å². The summed E-state index contributed by atoms with van der Waals surface area (Å²) in [5, 5.41) is 2.49. The predicted octanol–water partition coefficient (Wildman–Crippen LogP) is 3.75. The van der Waals surface area contributed by atoms with Gasteiger partial charge in [-0.25, -0.2) is 4.99 Å². The number of benzene rings is 2. The second kappa shape index (κ2) is 6.13. The molecule has 0 bridgehead atoms. The molecule has 2 N–H and O–H groups in total. The second-order valence-corrected chi connectivity index (χ2v) is 7.35. The van der Waals surface area contributed by atoms with E-state index in [1.165, 1.54) is 21.2 Å². The minimum Gasteiger partial charge on any atom is -0.369 e. The maximum Gasteiger partial charge on any atom is 0.231 e. The molecule has 1 aliphatic heterocycles. The SMILES string of the molecule is CN1C(=O)CC(C)(C2=CC(c3ccc4ccccc4c3)CC=C2)N=C1N. The number of guanidine groups is 1. The Morgan fingerprint density at radius 1 is 1.19 bits per heavy atom. The highest BCUT2D eigenvalue weighted by molar-refractivity contribution is 5.99. The van der Waals surface area contributed by atoms with E-state index in [1.54, 1.807) is 7.05 Å². The Balaban J connectivity index is 1.71. The molecule has 2 atom stereocenters. The Kier molecular flexibility index (Phi) is 3.91. The van der Waals surface area contributed by atoms with E-state index in [9.17, 15) is 4.79 Å². The molecule has 0 aromatic heterocycles. The summed E-state index contributed by atoms with van der Waals surface area (Å²) in [4.78, 5) is 18.3. The van der Waals surface area contributed by atoms with Gasteiger partial charge in [-0.05, 0) is 35.3 Å². The van der Waals surface area contributed by atoms with Crippen LogP contribution in [0.5, 0.6) is 0 Å². The lowest BCUT2D eigenvalue weighted by Crippen LogP contribution is -2.49. The molecule has 1 amide bonds. The summed E-state index contributed by atoms with van der Waals surface area (Å²) in [6, 6.07) is 15.0. The van der Waals surface area contributed by atoms with Crippen molar-refractivity contribution < 1.29 is 4.79 Å². The van der Waals surface area contributed by atoms with E-state index < -0.39 is 5.54 Å². The molecule has 1 heterocycles. The van der Waals surface area contributed by atoms with Crippen LogP contribution < -0.4 is 5.73 Å². The highest BCUT2D eigenvalue weighted by Gasteiger charge is 2.37. The van der Waals surface area contributed by atoms with Gasteiger partial charge in [-0.2, -0.15) is 0 Å². The number of fused-ring (bicyclic) bond motifs is 1. The molecule has 2 aliphatic rings. The van der Waals surface area contributed by atoms with Crippen molar-refractivity contribution in [3.05, 3.63) is 71.8 Å². The van der Waals surface area contributed by atoms with Crippen molar-refractivity contribution in [1.29, 1.82) is 0 Å². The number of allylic oxidation sites excluding steroid dienone is 2. The highest BCUT2D eigenvalue weighted by Crippen LogP contribution is 2.37. The molecule has 0 fully saturated rings. The third-order valence-corrected chi connectivity index (χ3v) is 5.47. The topological polar surface area (TPSA) is 58.7 Å². The van der Waals surface area contributed by atoms with Gasteiger partial charge in [0.1, 0.15) is 0 Å². The molecule has 0 spiro atoms. The van der Waals surface area contributed by atoms with Crippen molar-refractivity contribution in [3.8, 4) is 0 Å². The fraction of sp³-hybridized carbons (Fsp3) is 0.273. The van der Waals surface area contributed by atoms with E-state index in [0.29, 0.717) is 6.42 Å². The van der Waals surface area contributed by atoms with Gasteiger partial charge < -0.3 is 5.73 Å². The lowest BCUT2D eigenvalue weighted by molar-refractivity contribution is -0.128. The van der Waals surface area contributed by atoms with Crippen LogP contribution in [0.3, 0.4) is 0 Å². The standard InChI is InChI=1S/C22H23N3O/c1-22(14-20(26)25(2)21(23)24-22)19-9-5-8-17(13-19)18-11-10-15-6-3-4-7-16(15)12-18/h3-7,9-13,17H,8,14H2,1-2H3,(H2,23,24). The highest BCUT2D eigenvalue weighted by atomic mass is 16.2. The summed E-state index contributed by atoms with van der Waals surface area (Å²) in [5.74, 6) is 0.565. The Labute approximate surface area is 153 Å². The monoisotopic (exact) mass is 345 g/mol. The molecule has 0 saturated carbocycles. The minimum atomic E-state index is -0.598. The average molecular weight is 345 g/mol. The molecule has 4 rings (SSSR count). The maximum absolute atomic E-state index is 12.3. The van der Waals surface area contributed by atoms with E-state index >= 15 is 0 Å². The summed E-state index contributed by atoms with van der Waals surface area (Å²) in [5.41, 5.74) is 7.71. The Bertz CT molecular complexity index is 972. The Hall–Kier alpha value is -2.88. The molecule has 26 heavy (non-hydrogen) atoms. The number of carbonyl (C=O) groups excluding carboxylic acids is 1. The number of nitrogens with zero attached hydrogens (tertiary/aromatic N) is 2. The number of nitrogens with two attached hydrogens (primary N) is 1. The second-order valence-electron chi connectivity index (χ2n) is 7.35. The first-order valence-corrected chi connectivity index (χ1v) is 8.96. The number of carbonyl (C=O) groups is 1. The average Bonchev–Trinajstić information content (AvgIpc) is 2.66. The van der Waals surface area contributed by atoms with Gasteiger partial charge in [0, 0.05) is 13.0 Å². The van der Waals surface area contributed by atoms with E-state index in [-0.39, 0.29) is 17.8 Å². The van der Waals surface area contributed by atoms with Crippen molar-refractivity contribution in [1.82, 2.24) is 4.90 Å². The smallest absolute Gasteiger partial charge is 0.231 e. The van der Waals surface area contributed by atoms with Gasteiger partial charge in [-0.3, -0.25) is 9.69 Å². The van der Waals surface area contributed by atoms with Crippen LogP contribution in [0.25, 0.3) is 10.8 Å². The minimum absolute atomic E-state index is 0.00197. The van der Waals surface area contributed by atoms with Crippen molar-refractivity contribution >= 4 is 22.6 Å². The lowest BCUT2D eigenvalue weighted by Gasteiger charge is -2.35. The summed E-state index contributed by atoms with van der Waals surface area (Å²) >= 11 is 0. The van der Waals surface area contributed by atoms with Crippen LogP contribution in [-0.2, 0) is 4.79 Å². The molecule has 1 aliphatic carbocycles. The van der Waals surface area contributed by atoms with Crippen molar-refractivity contribution in [3.63, 3.8) is 0 Å². The van der Waals surface area contributed by atoms with Crippen LogP contribution in [-0.4, -0.2) is 29.4 Å². The Morgan fingerprint density at radius 3 is 2.73 bits per heavy atom. The van der Waals surface area contributed by atoms with Crippen LogP contribution in [0.15, 0.2) is 71.3 Å². The van der Waals surface area contributed by atoms with Crippen molar-refractivity contribution in [2.45, 2.75) is 31.2 Å². The summed E-state index contributed by atoms with van der Waals surface area (Å²) < 4.78 is 0. The zero-order valence-corrected chi connectivity index (χ0v) is 15.1. The molecular weight excluding hydrogens is 322 g/mol. The molecule has 2 aromatic rings. The quantitative estimate of drug-likeness (QED) is 0.901. The lowest BCUT2D eigenvalue weighted by atomic mass is 9.80. The third kappa shape index (κ3) is 2.81. The predicted molar refractivity (Wildman–Crippen MR) is 106 cm³/mol. The molecule has 2 unspecified atom stereocenters. The number of hydrogen-bond donors (Lipinski definition) is 1. The number of aliphatic imine (C=N–C) groups is 1. The van der Waals surface area contributed by atoms with Crippen LogP contribution in [0.4, 0.5) is 0 Å². The van der Waals surface area contributed by atoms with Crippen molar-refractivity contribution in [2.24, 2.45) is 10.7 Å². The molecule has 0 radical (unpaired) electrons. The fourth-order valence-corrected chi connectivity index (χ4v) is 3.79. The van der Waals surface area contributed by atoms with Gasteiger partial charge in [0.2, 0.25) is 5.91 Å². The molecule has 4 nitrogen and oxygen atoms in total. The normalized spacial score (nSPS) is 26.0. The van der Waals surface area contributed by atoms with Gasteiger partial charge in [-0.1, -0.05) is 60.7 Å². The van der Waals surface area contributed by atoms with Gasteiger partial charge in [-0.15, -0.1) is 0 Å². The van der Waals surface area contributed by atoms with Gasteiger partial charge in [0.25, 0.3) is 0 Å². The molecule has 4 heteroatoms. The molecular formula is C22H23N3O. The van der Waals surface area contributed by atoms with Crippen LogP contribution >= 0.6 is 0 Å². The largest absolute Gasteiger partial charge is 0.369 e. The summed E-state index contributed by atoms with van der Waals surface area (Å²) in [6.07, 6.45) is 7.80.